The first-order chi connectivity index (χ1) is 8.82. The van der Waals surface area contributed by atoms with E-state index in [9.17, 15) is 3.44 Å². The SMILES string of the molecule is O[I-]1(c2ccccc2)C2COc3ccccc3[C@@H]21. The molecule has 3 heteroatoms. The van der Waals surface area contributed by atoms with Crippen LogP contribution < -0.4 is 23.6 Å². The summed E-state index contributed by atoms with van der Waals surface area (Å²) in [5.74, 6) is 0.967. The van der Waals surface area contributed by atoms with Crippen LogP contribution in [0.4, 0.5) is 0 Å². The molecule has 0 aromatic heterocycles. The van der Waals surface area contributed by atoms with Gasteiger partial charge in [-0.2, -0.15) is 0 Å². The molecule has 0 radical (unpaired) electrons. The van der Waals surface area contributed by atoms with Crippen molar-refractivity contribution in [2.75, 3.05) is 6.61 Å². The molecule has 94 valence electrons. The summed E-state index contributed by atoms with van der Waals surface area (Å²) in [6, 6.07) is 18.4. The van der Waals surface area contributed by atoms with Gasteiger partial charge in [-0.1, -0.05) is 0 Å². The number of hydrogen-bond donors (Lipinski definition) is 1. The molecule has 2 aliphatic heterocycles. The van der Waals surface area contributed by atoms with E-state index < -0.39 is 18.8 Å². The standard InChI is InChI=1S/C15H14IO2/c17-16(11-6-2-1-3-7-11)13-10-18-14-9-5-4-8-12(14)15(13)16/h1-9,13,15,17H,10H2/q-1/t13?,15-/m0/s1. The van der Waals surface area contributed by atoms with E-state index in [2.05, 4.69) is 18.2 Å². The van der Waals surface area contributed by atoms with E-state index in [1.807, 2.05) is 36.4 Å². The normalized spacial score (nSPS) is 35.6. The molecular weight excluding hydrogens is 339 g/mol. The van der Waals surface area contributed by atoms with Crippen LogP contribution in [0.1, 0.15) is 9.49 Å². The summed E-state index contributed by atoms with van der Waals surface area (Å²) in [6.07, 6.45) is 0. The average Bonchev–Trinajstić information content (AvgIpc) is 3.08. The number of benzene rings is 2. The molecule has 2 aliphatic rings. The zero-order chi connectivity index (χ0) is 12.2. The van der Waals surface area contributed by atoms with Gasteiger partial charge < -0.3 is 0 Å². The molecule has 18 heavy (non-hydrogen) atoms. The zero-order valence-corrected chi connectivity index (χ0v) is 11.9. The second kappa shape index (κ2) is 3.71. The zero-order valence-electron chi connectivity index (χ0n) is 9.79. The molecule has 3 atom stereocenters. The van der Waals surface area contributed by atoms with Gasteiger partial charge in [-0.15, -0.1) is 0 Å². The van der Waals surface area contributed by atoms with Crippen LogP contribution in [0.3, 0.4) is 0 Å². The van der Waals surface area contributed by atoms with Crippen molar-refractivity contribution < 1.29 is 27.0 Å². The topological polar surface area (TPSA) is 29.5 Å². The maximum absolute atomic E-state index is 11.1. The van der Waals surface area contributed by atoms with Crippen LogP contribution in [0.25, 0.3) is 0 Å². The second-order valence-corrected chi connectivity index (χ2v) is 12.4. The van der Waals surface area contributed by atoms with Crippen molar-refractivity contribution in [2.45, 2.75) is 7.85 Å². The Morgan fingerprint density at radius 2 is 1.72 bits per heavy atom. The number of rotatable bonds is 1. The molecule has 2 nitrogen and oxygen atoms in total. The van der Waals surface area contributed by atoms with Crippen LogP contribution in [0.15, 0.2) is 54.6 Å². The maximum atomic E-state index is 11.1. The molecule has 1 saturated heterocycles. The number of halogens is 1. The number of para-hydroxylation sites is 1. The molecule has 4 rings (SSSR count). The van der Waals surface area contributed by atoms with Gasteiger partial charge in [0.2, 0.25) is 0 Å². The summed E-state index contributed by atoms with van der Waals surface area (Å²) in [6.45, 7) is 0.684. The van der Waals surface area contributed by atoms with Crippen molar-refractivity contribution in [3.8, 4) is 5.75 Å². The summed E-state index contributed by atoms with van der Waals surface area (Å²) in [7, 11) is 0. The quantitative estimate of drug-likeness (QED) is 0.550. The summed E-state index contributed by atoms with van der Waals surface area (Å²) in [5, 5.41) is 0. The van der Waals surface area contributed by atoms with E-state index in [4.69, 9.17) is 4.74 Å². The molecule has 0 bridgehead atoms. The Morgan fingerprint density at radius 3 is 2.56 bits per heavy atom. The van der Waals surface area contributed by atoms with Gasteiger partial charge in [0.15, 0.2) is 0 Å². The van der Waals surface area contributed by atoms with Crippen LogP contribution in [0.2, 0.25) is 0 Å². The van der Waals surface area contributed by atoms with Gasteiger partial charge in [0.1, 0.15) is 0 Å². The molecule has 1 fully saturated rings. The third-order valence-electron chi connectivity index (χ3n) is 3.73. The minimum absolute atomic E-state index is 0.365. The fourth-order valence-electron chi connectivity index (χ4n) is 2.80. The average molecular weight is 353 g/mol. The van der Waals surface area contributed by atoms with Crippen molar-refractivity contribution in [1.29, 1.82) is 0 Å². The molecule has 2 aromatic rings. The molecular formula is C15H14IO2-. The van der Waals surface area contributed by atoms with Gasteiger partial charge in [-0.05, 0) is 0 Å². The van der Waals surface area contributed by atoms with Gasteiger partial charge in [0, 0.05) is 0 Å². The van der Waals surface area contributed by atoms with Crippen LogP contribution >= 0.6 is 0 Å². The third-order valence-corrected chi connectivity index (χ3v) is 12.7. The Hall–Kier alpha value is -1.07. The van der Waals surface area contributed by atoms with Crippen molar-refractivity contribution in [1.82, 2.24) is 0 Å². The Balaban J connectivity index is 1.81. The number of fused-ring (bicyclic) bond motifs is 3. The Morgan fingerprint density at radius 1 is 1.00 bits per heavy atom. The third kappa shape index (κ3) is 1.32. The minimum atomic E-state index is -2.83. The van der Waals surface area contributed by atoms with Crippen LogP contribution in [0, 0.1) is 3.57 Å². The van der Waals surface area contributed by atoms with Crippen molar-refractivity contribution in [3.63, 3.8) is 0 Å². The summed E-state index contributed by atoms with van der Waals surface area (Å²) < 4.78 is 18.8. The van der Waals surface area contributed by atoms with E-state index in [0.717, 1.165) is 5.75 Å². The van der Waals surface area contributed by atoms with E-state index >= 15 is 0 Å². The molecule has 0 spiro atoms. The van der Waals surface area contributed by atoms with E-state index in [0.29, 0.717) is 14.5 Å². The molecule has 1 N–H and O–H groups in total. The van der Waals surface area contributed by atoms with E-state index in [-0.39, 0.29) is 0 Å². The first-order valence-electron chi connectivity index (χ1n) is 6.06. The molecule has 2 aromatic carbocycles. The molecule has 0 amide bonds. The molecule has 0 saturated carbocycles. The first-order valence-corrected chi connectivity index (χ1v) is 10.6. The van der Waals surface area contributed by atoms with Crippen molar-refractivity contribution in [2.24, 2.45) is 0 Å². The molecule has 2 heterocycles. The summed E-state index contributed by atoms with van der Waals surface area (Å²) in [5.41, 5.74) is 1.22. The molecule has 0 aliphatic carbocycles. The van der Waals surface area contributed by atoms with Crippen LogP contribution in [0.5, 0.6) is 5.75 Å². The molecule has 2 unspecified atom stereocenters. The number of ether oxygens (including phenoxy) is 1. The Labute approximate surface area is 111 Å². The van der Waals surface area contributed by atoms with Crippen molar-refractivity contribution in [3.05, 3.63) is 63.7 Å². The van der Waals surface area contributed by atoms with Gasteiger partial charge in [0.05, 0.1) is 0 Å². The second-order valence-electron chi connectivity index (χ2n) is 4.69. The van der Waals surface area contributed by atoms with E-state index in [1.54, 1.807) is 0 Å². The van der Waals surface area contributed by atoms with Gasteiger partial charge in [-0.25, -0.2) is 0 Å². The van der Waals surface area contributed by atoms with E-state index in [1.165, 1.54) is 9.13 Å². The number of alkyl halides is 2. The summed E-state index contributed by atoms with van der Waals surface area (Å²) >= 11 is -2.83. The van der Waals surface area contributed by atoms with Gasteiger partial charge in [-0.3, -0.25) is 0 Å². The Kier molecular flexibility index (Phi) is 2.23. The first kappa shape index (κ1) is 10.8. The Bertz CT molecular complexity index is 598. The fraction of sp³-hybridized carbons (Fsp3) is 0.200. The summed E-state index contributed by atoms with van der Waals surface area (Å²) in [4.78, 5) is 0. The van der Waals surface area contributed by atoms with Crippen LogP contribution in [-0.2, 0) is 0 Å². The predicted molar refractivity (Wildman–Crippen MR) is 65.8 cm³/mol. The monoisotopic (exact) mass is 353 g/mol. The van der Waals surface area contributed by atoms with Gasteiger partial charge >= 0.3 is 111 Å². The number of hydrogen-bond acceptors (Lipinski definition) is 2. The van der Waals surface area contributed by atoms with Gasteiger partial charge in [0.25, 0.3) is 0 Å². The van der Waals surface area contributed by atoms with Crippen LogP contribution in [-0.4, -0.2) is 14.0 Å². The van der Waals surface area contributed by atoms with Crippen molar-refractivity contribution >= 4 is 0 Å². The predicted octanol–water partition coefficient (Wildman–Crippen LogP) is -0.560. The fourth-order valence-corrected chi connectivity index (χ4v) is 12.5.